The van der Waals surface area contributed by atoms with E-state index in [9.17, 15) is 9.59 Å². The lowest BCUT2D eigenvalue weighted by molar-refractivity contribution is -0.119. The summed E-state index contributed by atoms with van der Waals surface area (Å²) >= 11 is 0. The lowest BCUT2D eigenvalue weighted by atomic mass is 10.2. The van der Waals surface area contributed by atoms with E-state index in [1.807, 2.05) is 0 Å². The van der Waals surface area contributed by atoms with Crippen LogP contribution in [0.4, 0.5) is 5.69 Å². The second-order valence-electron chi connectivity index (χ2n) is 4.92. The first-order chi connectivity index (χ1) is 10.6. The van der Waals surface area contributed by atoms with Crippen LogP contribution < -0.4 is 10.9 Å². The van der Waals surface area contributed by atoms with Gasteiger partial charge in [0.1, 0.15) is 11.6 Å². The molecule has 0 saturated heterocycles. The highest BCUT2D eigenvalue weighted by molar-refractivity contribution is 5.93. The molecular formula is C14H14N6O2. The Morgan fingerprint density at radius 3 is 2.82 bits per heavy atom. The second kappa shape index (κ2) is 5.40. The number of aryl methyl sites for hydroxylation is 1. The quantitative estimate of drug-likeness (QED) is 0.769. The van der Waals surface area contributed by atoms with Gasteiger partial charge in [-0.2, -0.15) is 9.78 Å². The Morgan fingerprint density at radius 2 is 2.09 bits per heavy atom. The highest BCUT2D eigenvalue weighted by Gasteiger charge is 2.19. The molecule has 1 amide bonds. The van der Waals surface area contributed by atoms with E-state index in [2.05, 4.69) is 20.7 Å². The van der Waals surface area contributed by atoms with Gasteiger partial charge in [-0.05, 0) is 19.1 Å². The summed E-state index contributed by atoms with van der Waals surface area (Å²) in [6.07, 6.45) is 3.19. The van der Waals surface area contributed by atoms with Crippen LogP contribution >= 0.6 is 0 Å². The number of benzene rings is 1. The Morgan fingerprint density at radius 1 is 1.32 bits per heavy atom. The summed E-state index contributed by atoms with van der Waals surface area (Å²) in [6.45, 7) is 1.59. The molecule has 22 heavy (non-hydrogen) atoms. The maximum atomic E-state index is 12.4. The normalized spacial score (nSPS) is 12.3. The largest absolute Gasteiger partial charge is 0.322 e. The molecule has 0 aliphatic carbocycles. The fourth-order valence-corrected chi connectivity index (χ4v) is 2.10. The van der Waals surface area contributed by atoms with Gasteiger partial charge >= 0.3 is 0 Å². The third-order valence-electron chi connectivity index (χ3n) is 3.31. The Balaban J connectivity index is 1.91. The molecule has 8 heteroatoms. The zero-order valence-corrected chi connectivity index (χ0v) is 12.1. The zero-order valence-electron chi connectivity index (χ0n) is 12.1. The van der Waals surface area contributed by atoms with Gasteiger partial charge in [0.15, 0.2) is 0 Å². The van der Waals surface area contributed by atoms with Crippen molar-refractivity contribution in [1.82, 2.24) is 24.8 Å². The van der Waals surface area contributed by atoms with E-state index >= 15 is 0 Å². The summed E-state index contributed by atoms with van der Waals surface area (Å²) < 4.78 is 2.65. The Bertz CT molecular complexity index is 897. The van der Waals surface area contributed by atoms with Crippen molar-refractivity contribution >= 4 is 22.5 Å². The predicted molar refractivity (Wildman–Crippen MR) is 80.3 cm³/mol. The molecule has 3 aromatic rings. The summed E-state index contributed by atoms with van der Waals surface area (Å²) in [5.41, 5.74) is 0.712. The van der Waals surface area contributed by atoms with E-state index in [1.54, 1.807) is 49.1 Å². The van der Waals surface area contributed by atoms with Gasteiger partial charge in [-0.3, -0.25) is 14.3 Å². The number of fused-ring (bicyclic) bond motifs is 1. The van der Waals surface area contributed by atoms with E-state index in [0.717, 1.165) is 4.68 Å². The van der Waals surface area contributed by atoms with Crippen molar-refractivity contribution in [3.8, 4) is 0 Å². The molecule has 0 saturated carbocycles. The SMILES string of the molecule is C[C@H](C(=O)Nc1cnn(C)c1)n1nnc2ccccc2c1=O. The summed E-state index contributed by atoms with van der Waals surface area (Å²) in [7, 11) is 1.75. The predicted octanol–water partition coefficient (Wildman–Crippen LogP) is 0.725. The number of rotatable bonds is 3. The van der Waals surface area contributed by atoms with Crippen molar-refractivity contribution in [2.24, 2.45) is 7.05 Å². The average molecular weight is 298 g/mol. The van der Waals surface area contributed by atoms with Gasteiger partial charge in [-0.25, -0.2) is 0 Å². The molecule has 0 radical (unpaired) electrons. The lowest BCUT2D eigenvalue weighted by Crippen LogP contribution is -2.34. The molecule has 0 aliphatic rings. The third-order valence-corrected chi connectivity index (χ3v) is 3.31. The van der Waals surface area contributed by atoms with E-state index in [-0.39, 0.29) is 11.5 Å². The van der Waals surface area contributed by atoms with Crippen molar-refractivity contribution in [2.45, 2.75) is 13.0 Å². The molecule has 0 unspecified atom stereocenters. The molecule has 112 valence electrons. The van der Waals surface area contributed by atoms with Crippen LogP contribution in [0.3, 0.4) is 0 Å². The number of carbonyl (C=O) groups is 1. The Hall–Kier alpha value is -3.03. The van der Waals surface area contributed by atoms with Gasteiger partial charge < -0.3 is 5.32 Å². The van der Waals surface area contributed by atoms with Crippen LogP contribution in [0, 0.1) is 0 Å². The lowest BCUT2D eigenvalue weighted by Gasteiger charge is -2.12. The van der Waals surface area contributed by atoms with Crippen molar-refractivity contribution in [3.63, 3.8) is 0 Å². The molecule has 1 N–H and O–H groups in total. The van der Waals surface area contributed by atoms with E-state index in [1.165, 1.54) is 6.20 Å². The van der Waals surface area contributed by atoms with Crippen LogP contribution in [-0.2, 0) is 11.8 Å². The maximum absolute atomic E-state index is 12.4. The Kier molecular flexibility index (Phi) is 3.42. The standard InChI is InChI=1S/C14H14N6O2/c1-9(13(21)16-10-7-15-19(2)8-10)20-14(22)11-5-3-4-6-12(11)17-18-20/h3-9H,1-2H3,(H,16,21)/t9-/m1/s1. The van der Waals surface area contributed by atoms with Crippen LogP contribution in [0.1, 0.15) is 13.0 Å². The topological polar surface area (TPSA) is 94.7 Å². The van der Waals surface area contributed by atoms with Gasteiger partial charge in [0, 0.05) is 13.2 Å². The van der Waals surface area contributed by atoms with Gasteiger partial charge in [-0.15, -0.1) is 5.10 Å². The summed E-state index contributed by atoms with van der Waals surface area (Å²) in [6, 6.07) is 6.10. The molecule has 1 atom stereocenters. The van der Waals surface area contributed by atoms with Crippen LogP contribution in [0.25, 0.3) is 10.9 Å². The minimum atomic E-state index is -0.787. The van der Waals surface area contributed by atoms with Crippen LogP contribution in [0.15, 0.2) is 41.5 Å². The molecule has 0 bridgehead atoms. The van der Waals surface area contributed by atoms with Crippen LogP contribution in [0.2, 0.25) is 0 Å². The number of hydrogen-bond acceptors (Lipinski definition) is 5. The van der Waals surface area contributed by atoms with Crippen LogP contribution in [0.5, 0.6) is 0 Å². The summed E-state index contributed by atoms with van der Waals surface area (Å²) in [5, 5.41) is 14.9. The number of carbonyl (C=O) groups excluding carboxylic acids is 1. The van der Waals surface area contributed by atoms with Gasteiger partial charge in [0.25, 0.3) is 5.56 Å². The highest BCUT2D eigenvalue weighted by atomic mass is 16.2. The first kappa shape index (κ1) is 13.9. The average Bonchev–Trinajstić information content (AvgIpc) is 2.92. The van der Waals surface area contributed by atoms with E-state index < -0.39 is 6.04 Å². The number of amides is 1. The van der Waals surface area contributed by atoms with Crippen molar-refractivity contribution < 1.29 is 4.79 Å². The number of nitrogens with zero attached hydrogens (tertiary/aromatic N) is 5. The molecule has 0 fully saturated rings. The Labute approximate surface area is 125 Å². The van der Waals surface area contributed by atoms with E-state index in [4.69, 9.17) is 0 Å². The zero-order chi connectivity index (χ0) is 15.7. The van der Waals surface area contributed by atoms with E-state index in [0.29, 0.717) is 16.6 Å². The maximum Gasteiger partial charge on any atom is 0.278 e. The fraction of sp³-hybridized carbons (Fsp3) is 0.214. The molecule has 2 heterocycles. The molecular weight excluding hydrogens is 284 g/mol. The molecule has 2 aromatic heterocycles. The highest BCUT2D eigenvalue weighted by Crippen LogP contribution is 2.10. The summed E-state index contributed by atoms with van der Waals surface area (Å²) in [5.74, 6) is -0.361. The number of hydrogen-bond donors (Lipinski definition) is 1. The molecule has 1 aromatic carbocycles. The first-order valence-corrected chi connectivity index (χ1v) is 6.70. The molecule has 0 aliphatic heterocycles. The third kappa shape index (κ3) is 2.46. The minimum Gasteiger partial charge on any atom is -0.322 e. The fourth-order valence-electron chi connectivity index (χ4n) is 2.10. The first-order valence-electron chi connectivity index (χ1n) is 6.70. The van der Waals surface area contributed by atoms with Crippen LogP contribution in [-0.4, -0.2) is 30.7 Å². The molecule has 0 spiro atoms. The van der Waals surface area contributed by atoms with Crippen molar-refractivity contribution in [2.75, 3.05) is 5.32 Å². The number of anilines is 1. The van der Waals surface area contributed by atoms with Crippen molar-refractivity contribution in [1.29, 1.82) is 0 Å². The number of nitrogens with one attached hydrogen (secondary N) is 1. The van der Waals surface area contributed by atoms with Gasteiger partial charge in [0.2, 0.25) is 5.91 Å². The van der Waals surface area contributed by atoms with Crippen molar-refractivity contribution in [3.05, 3.63) is 47.0 Å². The second-order valence-corrected chi connectivity index (χ2v) is 4.92. The molecule has 3 rings (SSSR count). The summed E-state index contributed by atoms with van der Waals surface area (Å²) in [4.78, 5) is 24.6. The smallest absolute Gasteiger partial charge is 0.278 e. The van der Waals surface area contributed by atoms with Gasteiger partial charge in [-0.1, -0.05) is 17.3 Å². The minimum absolute atomic E-state index is 0.348. The molecule has 8 nitrogen and oxygen atoms in total. The monoisotopic (exact) mass is 298 g/mol. The number of aromatic nitrogens is 5. The van der Waals surface area contributed by atoms with Gasteiger partial charge in [0.05, 0.1) is 17.3 Å².